The van der Waals surface area contributed by atoms with E-state index in [1.54, 1.807) is 6.07 Å². The van der Waals surface area contributed by atoms with Crippen molar-refractivity contribution in [2.45, 2.75) is 50.8 Å². The quantitative estimate of drug-likeness (QED) is 0.220. The maximum absolute atomic E-state index is 13.0. The lowest BCUT2D eigenvalue weighted by Gasteiger charge is -2.13. The van der Waals surface area contributed by atoms with Gasteiger partial charge in [0.05, 0.1) is 15.5 Å². The van der Waals surface area contributed by atoms with Gasteiger partial charge in [0, 0.05) is 29.8 Å². The maximum atomic E-state index is 13.0. The highest BCUT2D eigenvalue weighted by molar-refractivity contribution is 7.92. The Morgan fingerprint density at radius 3 is 2.37 bits per heavy atom. The summed E-state index contributed by atoms with van der Waals surface area (Å²) < 4.78 is 28.3. The number of anilines is 1. The molecule has 0 aliphatic rings. The largest absolute Gasteiger partial charge is 0.481 e. The number of nitro groups is 1. The molecule has 0 fully saturated rings. The van der Waals surface area contributed by atoms with Gasteiger partial charge in [-0.25, -0.2) is 23.1 Å². The van der Waals surface area contributed by atoms with Gasteiger partial charge >= 0.3 is 5.97 Å². The first-order valence-corrected chi connectivity index (χ1v) is 12.5. The van der Waals surface area contributed by atoms with Crippen LogP contribution in [0, 0.1) is 24.0 Å². The minimum atomic E-state index is -4.19. The maximum Gasteiger partial charge on any atom is 0.303 e. The third-order valence-corrected chi connectivity index (χ3v) is 6.73. The summed E-state index contributed by atoms with van der Waals surface area (Å²) in [6.07, 6.45) is 2.49. The zero-order valence-electron chi connectivity index (χ0n) is 19.4. The smallest absolute Gasteiger partial charge is 0.303 e. The topological polar surface area (TPSA) is 152 Å². The normalized spacial score (nSPS) is 11.3. The summed E-state index contributed by atoms with van der Waals surface area (Å²) in [4.78, 5) is 29.7. The van der Waals surface area contributed by atoms with E-state index in [4.69, 9.17) is 5.11 Å². The highest BCUT2D eigenvalue weighted by Crippen LogP contribution is 2.28. The van der Waals surface area contributed by atoms with E-state index in [1.807, 2.05) is 32.0 Å². The van der Waals surface area contributed by atoms with Gasteiger partial charge < -0.3 is 5.11 Å². The SMILES string of the molecule is Cc1cccc(C)c1-c1cc(CCCCCC(=O)O)nc(NS(=O)(=O)c2cccc([N+](=O)[O-])c2)n1. The highest BCUT2D eigenvalue weighted by atomic mass is 32.2. The molecule has 2 aromatic carbocycles. The molecule has 0 saturated heterocycles. The number of hydrogen-bond acceptors (Lipinski definition) is 7. The number of carboxylic acid groups (broad SMARTS) is 1. The second-order valence-corrected chi connectivity index (χ2v) is 9.83. The molecule has 1 aromatic heterocycles. The predicted octanol–water partition coefficient (Wildman–Crippen LogP) is 4.66. The Kier molecular flexibility index (Phi) is 8.13. The fourth-order valence-corrected chi connectivity index (χ4v) is 4.70. The Bertz CT molecular complexity index is 1340. The molecule has 11 heteroatoms. The van der Waals surface area contributed by atoms with Crippen LogP contribution in [0.4, 0.5) is 11.6 Å². The molecule has 0 amide bonds. The number of nitrogens with one attached hydrogen (secondary N) is 1. The molecule has 3 aromatic rings. The van der Waals surface area contributed by atoms with Crippen molar-refractivity contribution in [2.75, 3.05) is 4.72 Å². The molecule has 0 atom stereocenters. The van der Waals surface area contributed by atoms with E-state index in [0.717, 1.165) is 22.8 Å². The van der Waals surface area contributed by atoms with Crippen LogP contribution < -0.4 is 4.72 Å². The third-order valence-electron chi connectivity index (χ3n) is 5.40. The van der Waals surface area contributed by atoms with Gasteiger partial charge in [0.2, 0.25) is 5.95 Å². The number of aliphatic carboxylic acids is 1. The van der Waals surface area contributed by atoms with Crippen LogP contribution in [-0.4, -0.2) is 34.4 Å². The summed E-state index contributed by atoms with van der Waals surface area (Å²) in [6, 6.07) is 12.3. The summed E-state index contributed by atoms with van der Waals surface area (Å²) in [6.45, 7) is 3.87. The van der Waals surface area contributed by atoms with Crippen molar-refractivity contribution in [3.05, 3.63) is 75.5 Å². The Morgan fingerprint density at radius 1 is 1.03 bits per heavy atom. The number of aromatic nitrogens is 2. The zero-order valence-corrected chi connectivity index (χ0v) is 20.2. The van der Waals surface area contributed by atoms with Crippen LogP contribution in [0.5, 0.6) is 0 Å². The molecule has 35 heavy (non-hydrogen) atoms. The molecule has 184 valence electrons. The van der Waals surface area contributed by atoms with E-state index >= 15 is 0 Å². The van der Waals surface area contributed by atoms with E-state index in [9.17, 15) is 23.3 Å². The number of carboxylic acids is 1. The van der Waals surface area contributed by atoms with Crippen molar-refractivity contribution < 1.29 is 23.2 Å². The monoisotopic (exact) mass is 498 g/mol. The van der Waals surface area contributed by atoms with Crippen LogP contribution in [0.1, 0.15) is 42.5 Å². The molecule has 0 unspecified atom stereocenters. The lowest BCUT2D eigenvalue weighted by Crippen LogP contribution is -2.16. The number of aryl methyl sites for hydroxylation is 3. The summed E-state index contributed by atoms with van der Waals surface area (Å²) in [5, 5.41) is 19.9. The Labute approximate surface area is 203 Å². The lowest BCUT2D eigenvalue weighted by atomic mass is 9.99. The van der Waals surface area contributed by atoms with Gasteiger partial charge in [-0.15, -0.1) is 0 Å². The standard InChI is InChI=1S/C24H26N4O6S/c1-16-8-6-9-17(2)23(16)21-14-18(10-4-3-5-13-22(29)30)25-24(26-21)27-35(33,34)20-12-7-11-19(15-20)28(31)32/h6-9,11-12,14-15H,3-5,10,13H2,1-2H3,(H,29,30)(H,25,26,27). The molecule has 0 aliphatic heterocycles. The van der Waals surface area contributed by atoms with Gasteiger partial charge in [0.25, 0.3) is 15.7 Å². The van der Waals surface area contributed by atoms with Crippen LogP contribution >= 0.6 is 0 Å². The van der Waals surface area contributed by atoms with E-state index in [1.165, 1.54) is 18.2 Å². The van der Waals surface area contributed by atoms with Crippen LogP contribution in [0.25, 0.3) is 11.3 Å². The van der Waals surface area contributed by atoms with Gasteiger partial charge in [-0.05, 0) is 56.4 Å². The molecule has 3 rings (SSSR count). The van der Waals surface area contributed by atoms with Crippen LogP contribution in [0.3, 0.4) is 0 Å². The number of benzene rings is 2. The van der Waals surface area contributed by atoms with Gasteiger partial charge in [-0.2, -0.15) is 0 Å². The van der Waals surface area contributed by atoms with Crippen molar-refractivity contribution in [3.63, 3.8) is 0 Å². The Balaban J connectivity index is 1.95. The summed E-state index contributed by atoms with van der Waals surface area (Å²) in [7, 11) is -4.19. The molecule has 0 saturated carbocycles. The number of sulfonamides is 1. The Hall–Kier alpha value is -3.86. The molecule has 2 N–H and O–H groups in total. The first-order valence-electron chi connectivity index (χ1n) is 11.0. The van der Waals surface area contributed by atoms with Crippen molar-refractivity contribution in [3.8, 4) is 11.3 Å². The predicted molar refractivity (Wildman–Crippen MR) is 131 cm³/mol. The number of rotatable bonds is 11. The van der Waals surface area contributed by atoms with Gasteiger partial charge in [0.1, 0.15) is 0 Å². The number of hydrogen-bond donors (Lipinski definition) is 2. The summed E-state index contributed by atoms with van der Waals surface area (Å²) in [5.74, 6) is -0.987. The average Bonchev–Trinajstić information content (AvgIpc) is 2.78. The van der Waals surface area contributed by atoms with E-state index in [2.05, 4.69) is 14.7 Å². The van der Waals surface area contributed by atoms with Crippen LogP contribution in [0.2, 0.25) is 0 Å². The van der Waals surface area contributed by atoms with Crippen LogP contribution in [0.15, 0.2) is 53.4 Å². The summed E-state index contributed by atoms with van der Waals surface area (Å²) in [5.41, 5.74) is 3.59. The minimum Gasteiger partial charge on any atom is -0.481 e. The number of nitro benzene ring substituents is 1. The summed E-state index contributed by atoms with van der Waals surface area (Å²) >= 11 is 0. The number of nitrogens with zero attached hydrogens (tertiary/aromatic N) is 3. The molecule has 0 radical (unpaired) electrons. The van der Waals surface area contributed by atoms with E-state index < -0.39 is 20.9 Å². The number of unbranched alkanes of at least 4 members (excludes halogenated alkanes) is 2. The fourth-order valence-electron chi connectivity index (χ4n) is 3.72. The Morgan fingerprint density at radius 2 is 1.71 bits per heavy atom. The number of non-ortho nitro benzene ring substituents is 1. The highest BCUT2D eigenvalue weighted by Gasteiger charge is 2.20. The number of carbonyl (C=O) groups is 1. The van der Waals surface area contributed by atoms with Crippen molar-refractivity contribution in [1.29, 1.82) is 0 Å². The lowest BCUT2D eigenvalue weighted by molar-refractivity contribution is -0.385. The van der Waals surface area contributed by atoms with E-state index in [0.29, 0.717) is 37.1 Å². The average molecular weight is 499 g/mol. The molecular formula is C24H26N4O6S. The van der Waals surface area contributed by atoms with Crippen LogP contribution in [-0.2, 0) is 21.2 Å². The first kappa shape index (κ1) is 25.8. The molecule has 0 aliphatic carbocycles. The van der Waals surface area contributed by atoms with Gasteiger partial charge in [-0.1, -0.05) is 30.7 Å². The third kappa shape index (κ3) is 6.82. The molecule has 10 nitrogen and oxygen atoms in total. The van der Waals surface area contributed by atoms with Crippen molar-refractivity contribution in [2.24, 2.45) is 0 Å². The zero-order chi connectivity index (χ0) is 25.6. The molecular weight excluding hydrogens is 472 g/mol. The molecule has 0 bridgehead atoms. The fraction of sp³-hybridized carbons (Fsp3) is 0.292. The van der Waals surface area contributed by atoms with Crippen molar-refractivity contribution in [1.82, 2.24) is 9.97 Å². The van der Waals surface area contributed by atoms with Crippen molar-refractivity contribution >= 4 is 27.6 Å². The first-order chi connectivity index (χ1) is 16.6. The van der Waals surface area contributed by atoms with Gasteiger partial charge in [-0.3, -0.25) is 14.9 Å². The van der Waals surface area contributed by atoms with E-state index in [-0.39, 0.29) is 23.0 Å². The second kappa shape index (κ2) is 11.0. The van der Waals surface area contributed by atoms with Gasteiger partial charge in [0.15, 0.2) is 0 Å². The molecule has 0 spiro atoms. The minimum absolute atomic E-state index is 0.0890. The second-order valence-electron chi connectivity index (χ2n) is 8.15. The molecule has 1 heterocycles.